The first-order valence-electron chi connectivity index (χ1n) is 4.61. The molecule has 2 aliphatic rings. The Hall–Kier alpha value is -0.230. The minimum Gasteiger partial charge on any atom is -0.213 e. The molecule has 6 heteroatoms. The van der Waals surface area contributed by atoms with E-state index in [1.807, 2.05) is 0 Å². The summed E-state index contributed by atoms with van der Waals surface area (Å²) in [5, 5.41) is 0. The minimum atomic E-state index is -3.19. The van der Waals surface area contributed by atoms with Gasteiger partial charge < -0.3 is 0 Å². The van der Waals surface area contributed by atoms with Crippen molar-refractivity contribution < 1.29 is 17.2 Å². The lowest BCUT2D eigenvalue weighted by atomic mass is 10.0. The second kappa shape index (κ2) is 2.88. The minimum absolute atomic E-state index is 0.139. The van der Waals surface area contributed by atoms with Crippen molar-refractivity contribution in [1.29, 1.82) is 0 Å². The molecule has 2 fully saturated rings. The molecule has 0 aromatic heterocycles. The van der Waals surface area contributed by atoms with Crippen molar-refractivity contribution in [2.45, 2.75) is 18.8 Å². The maximum Gasteiger partial charge on any atom is 0.248 e. The van der Waals surface area contributed by atoms with Gasteiger partial charge in [0.15, 0.2) is 0 Å². The molecule has 2 atom stereocenters. The van der Waals surface area contributed by atoms with Crippen LogP contribution in [0.3, 0.4) is 0 Å². The van der Waals surface area contributed by atoms with Crippen LogP contribution < -0.4 is 0 Å². The first-order valence-corrected chi connectivity index (χ1v) is 6.46. The topological polar surface area (TPSA) is 37.4 Å². The van der Waals surface area contributed by atoms with Crippen molar-refractivity contribution in [3.63, 3.8) is 0 Å². The molecule has 0 N–H and O–H groups in total. The van der Waals surface area contributed by atoms with Crippen LogP contribution in [0.25, 0.3) is 0 Å². The molecule has 0 bridgehead atoms. The molecule has 0 unspecified atom stereocenters. The summed E-state index contributed by atoms with van der Waals surface area (Å²) < 4.78 is 49.5. The molecule has 1 saturated heterocycles. The molecule has 0 spiro atoms. The van der Waals surface area contributed by atoms with Gasteiger partial charge in [-0.05, 0) is 11.8 Å². The predicted octanol–water partition coefficient (Wildman–Crippen LogP) is 0.923. The molecule has 1 aliphatic heterocycles. The molecule has 0 radical (unpaired) electrons. The molecule has 0 aromatic rings. The van der Waals surface area contributed by atoms with Crippen LogP contribution >= 0.6 is 0 Å². The maximum absolute atomic E-state index is 12.9. The lowest BCUT2D eigenvalue weighted by Gasteiger charge is -2.16. The monoisotopic (exact) mass is 225 g/mol. The fourth-order valence-electron chi connectivity index (χ4n) is 2.48. The summed E-state index contributed by atoms with van der Waals surface area (Å²) in [6, 6.07) is 0. The van der Waals surface area contributed by atoms with E-state index in [1.54, 1.807) is 0 Å². The molecule has 14 heavy (non-hydrogen) atoms. The zero-order chi connectivity index (χ0) is 10.6. The van der Waals surface area contributed by atoms with Gasteiger partial charge in [-0.3, -0.25) is 0 Å². The second-order valence-electron chi connectivity index (χ2n) is 4.36. The highest BCUT2D eigenvalue weighted by molar-refractivity contribution is 7.88. The molecule has 2 rings (SSSR count). The van der Waals surface area contributed by atoms with E-state index in [0.717, 1.165) is 6.26 Å². The molecule has 82 valence electrons. The number of alkyl halides is 2. The van der Waals surface area contributed by atoms with Crippen LogP contribution in [0.1, 0.15) is 12.8 Å². The smallest absolute Gasteiger partial charge is 0.213 e. The Bertz CT molecular complexity index is 325. The fraction of sp³-hybridized carbons (Fsp3) is 1.00. The summed E-state index contributed by atoms with van der Waals surface area (Å²) in [6.07, 6.45) is 0.833. The van der Waals surface area contributed by atoms with E-state index in [2.05, 4.69) is 0 Å². The van der Waals surface area contributed by atoms with Gasteiger partial charge >= 0.3 is 0 Å². The quantitative estimate of drug-likeness (QED) is 0.665. The maximum atomic E-state index is 12.9. The van der Waals surface area contributed by atoms with E-state index in [-0.39, 0.29) is 37.8 Å². The Morgan fingerprint density at radius 2 is 1.64 bits per heavy atom. The standard InChI is InChI=1S/C8H13F2NO2S/c1-14(12,13)11-4-6-2-8(9,10)3-7(6)5-11/h6-7H,2-5H2,1H3/t6-,7+. The molecule has 0 amide bonds. The lowest BCUT2D eigenvalue weighted by molar-refractivity contribution is -0.000604. The highest BCUT2D eigenvalue weighted by Crippen LogP contribution is 2.47. The van der Waals surface area contributed by atoms with Gasteiger partial charge in [-0.1, -0.05) is 0 Å². The Balaban J connectivity index is 2.08. The summed E-state index contributed by atoms with van der Waals surface area (Å²) >= 11 is 0. The number of hydrogen-bond donors (Lipinski definition) is 0. The highest BCUT2D eigenvalue weighted by Gasteiger charge is 2.51. The van der Waals surface area contributed by atoms with Gasteiger partial charge in [-0.15, -0.1) is 0 Å². The van der Waals surface area contributed by atoms with Crippen LogP contribution in [-0.4, -0.2) is 38.0 Å². The zero-order valence-electron chi connectivity index (χ0n) is 7.91. The Labute approximate surface area is 82.1 Å². The van der Waals surface area contributed by atoms with Crippen LogP contribution in [0.2, 0.25) is 0 Å². The Morgan fingerprint density at radius 3 is 2.00 bits per heavy atom. The van der Waals surface area contributed by atoms with Crippen molar-refractivity contribution >= 4 is 10.0 Å². The number of halogens is 2. The van der Waals surface area contributed by atoms with E-state index < -0.39 is 15.9 Å². The lowest BCUT2D eigenvalue weighted by Crippen LogP contribution is -2.30. The Morgan fingerprint density at radius 1 is 1.21 bits per heavy atom. The van der Waals surface area contributed by atoms with Crippen molar-refractivity contribution in [3.8, 4) is 0 Å². The molecular weight excluding hydrogens is 212 g/mol. The van der Waals surface area contributed by atoms with E-state index in [4.69, 9.17) is 0 Å². The summed E-state index contributed by atoms with van der Waals surface area (Å²) in [4.78, 5) is 0. The summed E-state index contributed by atoms with van der Waals surface area (Å²) in [6.45, 7) is 0.554. The molecular formula is C8H13F2NO2S. The van der Waals surface area contributed by atoms with Gasteiger partial charge in [0.2, 0.25) is 15.9 Å². The molecule has 0 aromatic carbocycles. The summed E-state index contributed by atoms with van der Waals surface area (Å²) in [5.41, 5.74) is 0. The largest absolute Gasteiger partial charge is 0.248 e. The normalized spacial score (nSPS) is 37.4. The van der Waals surface area contributed by atoms with Crippen LogP contribution in [0.5, 0.6) is 0 Å². The van der Waals surface area contributed by atoms with Crippen LogP contribution in [0, 0.1) is 11.8 Å². The van der Waals surface area contributed by atoms with E-state index in [0.29, 0.717) is 0 Å². The number of rotatable bonds is 1. The predicted molar refractivity (Wildman–Crippen MR) is 47.6 cm³/mol. The number of sulfonamides is 1. The zero-order valence-corrected chi connectivity index (χ0v) is 8.73. The van der Waals surface area contributed by atoms with Gasteiger partial charge in [-0.2, -0.15) is 0 Å². The van der Waals surface area contributed by atoms with E-state index >= 15 is 0 Å². The van der Waals surface area contributed by atoms with Gasteiger partial charge in [0.1, 0.15) is 0 Å². The van der Waals surface area contributed by atoms with Gasteiger partial charge in [0.05, 0.1) is 6.26 Å². The van der Waals surface area contributed by atoms with Crippen LogP contribution in [0.15, 0.2) is 0 Å². The van der Waals surface area contributed by atoms with Gasteiger partial charge in [0, 0.05) is 25.9 Å². The molecule has 1 aliphatic carbocycles. The second-order valence-corrected chi connectivity index (χ2v) is 6.35. The van der Waals surface area contributed by atoms with Crippen molar-refractivity contribution in [2.75, 3.05) is 19.3 Å². The van der Waals surface area contributed by atoms with E-state index in [9.17, 15) is 17.2 Å². The number of hydrogen-bond acceptors (Lipinski definition) is 2. The average molecular weight is 225 g/mol. The van der Waals surface area contributed by atoms with E-state index in [1.165, 1.54) is 4.31 Å². The first-order chi connectivity index (χ1) is 6.28. The Kier molecular flexibility index (Phi) is 2.12. The van der Waals surface area contributed by atoms with Crippen molar-refractivity contribution in [2.24, 2.45) is 11.8 Å². The summed E-state index contributed by atoms with van der Waals surface area (Å²) in [7, 11) is -3.19. The third kappa shape index (κ3) is 1.77. The molecule has 1 saturated carbocycles. The highest BCUT2D eigenvalue weighted by atomic mass is 32.2. The molecule has 1 heterocycles. The SMILES string of the molecule is CS(=O)(=O)N1C[C@@H]2CC(F)(F)C[C@@H]2C1. The summed E-state index contributed by atoms with van der Waals surface area (Å²) in [5.74, 6) is -2.85. The van der Waals surface area contributed by atoms with Crippen LogP contribution in [-0.2, 0) is 10.0 Å². The molecule has 3 nitrogen and oxygen atoms in total. The van der Waals surface area contributed by atoms with Crippen LogP contribution in [0.4, 0.5) is 8.78 Å². The number of fused-ring (bicyclic) bond motifs is 1. The third-order valence-corrected chi connectivity index (χ3v) is 4.37. The number of nitrogens with zero attached hydrogens (tertiary/aromatic N) is 1. The first kappa shape index (κ1) is 10.3. The van der Waals surface area contributed by atoms with Gasteiger partial charge in [-0.25, -0.2) is 21.5 Å². The fourth-order valence-corrected chi connectivity index (χ4v) is 3.40. The van der Waals surface area contributed by atoms with Crippen molar-refractivity contribution in [1.82, 2.24) is 4.31 Å². The average Bonchev–Trinajstić information content (AvgIpc) is 2.37. The van der Waals surface area contributed by atoms with Gasteiger partial charge in [0.25, 0.3) is 0 Å². The third-order valence-electron chi connectivity index (χ3n) is 3.13. The van der Waals surface area contributed by atoms with Crippen molar-refractivity contribution in [3.05, 3.63) is 0 Å².